The number of alkyl halides is 3. The molecule has 0 aliphatic carbocycles. The van der Waals surface area contributed by atoms with Gasteiger partial charge in [-0.3, -0.25) is 24.6 Å². The Bertz CT molecular complexity index is 1010. The molecule has 0 saturated carbocycles. The van der Waals surface area contributed by atoms with Crippen LogP contribution >= 0.6 is 11.6 Å². The van der Waals surface area contributed by atoms with E-state index in [-0.39, 0.29) is 30.2 Å². The Labute approximate surface area is 180 Å². The monoisotopic (exact) mass is 458 g/mol. The first-order chi connectivity index (χ1) is 14.4. The number of aryl methyl sites for hydroxylation is 1. The van der Waals surface area contributed by atoms with Crippen LogP contribution in [-0.4, -0.2) is 41.8 Å². The molecule has 2 aromatic carbocycles. The summed E-state index contributed by atoms with van der Waals surface area (Å²) >= 11 is 5.54. The second-order valence-corrected chi connectivity index (χ2v) is 7.12. The summed E-state index contributed by atoms with van der Waals surface area (Å²) in [6.07, 6.45) is -4.67. The molecule has 8 nitrogen and oxygen atoms in total. The van der Waals surface area contributed by atoms with Crippen molar-refractivity contribution in [2.45, 2.75) is 13.1 Å². The molecule has 0 aliphatic rings. The minimum absolute atomic E-state index is 0.0909. The quantitative estimate of drug-likeness (QED) is 0.480. The lowest BCUT2D eigenvalue weighted by Gasteiger charge is -2.17. The molecule has 0 atom stereocenters. The summed E-state index contributed by atoms with van der Waals surface area (Å²) in [5.41, 5.74) is -0.478. The van der Waals surface area contributed by atoms with Crippen LogP contribution in [0.5, 0.6) is 0 Å². The molecule has 2 N–H and O–H groups in total. The number of nitrogens with one attached hydrogen (secondary N) is 2. The van der Waals surface area contributed by atoms with Crippen molar-refractivity contribution in [2.75, 3.05) is 30.8 Å². The van der Waals surface area contributed by atoms with E-state index in [1.807, 2.05) is 0 Å². The third kappa shape index (κ3) is 6.93. The molecule has 0 saturated heterocycles. The topological polar surface area (TPSA) is 105 Å². The van der Waals surface area contributed by atoms with Crippen molar-refractivity contribution >= 4 is 40.5 Å². The van der Waals surface area contributed by atoms with Crippen molar-refractivity contribution in [3.05, 3.63) is 62.7 Å². The molecule has 2 rings (SSSR count). The Hall–Kier alpha value is -3.18. The van der Waals surface area contributed by atoms with Crippen LogP contribution in [0.25, 0.3) is 0 Å². The number of hydrogen-bond acceptors (Lipinski definition) is 5. The second kappa shape index (κ2) is 9.75. The van der Waals surface area contributed by atoms with E-state index in [2.05, 4.69) is 10.6 Å². The minimum atomic E-state index is -4.67. The largest absolute Gasteiger partial charge is 0.417 e. The highest BCUT2D eigenvalue weighted by Gasteiger charge is 2.33. The average Bonchev–Trinajstić information content (AvgIpc) is 2.63. The van der Waals surface area contributed by atoms with Crippen molar-refractivity contribution in [1.82, 2.24) is 4.90 Å². The van der Waals surface area contributed by atoms with Gasteiger partial charge in [-0.25, -0.2) is 0 Å². The van der Waals surface area contributed by atoms with Gasteiger partial charge in [0.15, 0.2) is 0 Å². The summed E-state index contributed by atoms with van der Waals surface area (Å²) in [5.74, 6) is -1.16. The molecule has 0 aliphatic heterocycles. The van der Waals surface area contributed by atoms with E-state index >= 15 is 0 Å². The Morgan fingerprint density at radius 2 is 1.71 bits per heavy atom. The number of nitro benzene ring substituents is 1. The molecule has 31 heavy (non-hydrogen) atoms. The molecule has 0 radical (unpaired) electrons. The molecule has 12 heteroatoms. The first-order valence-electron chi connectivity index (χ1n) is 8.77. The van der Waals surface area contributed by atoms with Crippen molar-refractivity contribution < 1.29 is 27.7 Å². The molecule has 0 fully saturated rings. The highest BCUT2D eigenvalue weighted by Crippen LogP contribution is 2.36. The number of carbonyl (C=O) groups excluding carboxylic acids is 2. The molecule has 2 amide bonds. The van der Waals surface area contributed by atoms with Gasteiger partial charge in [-0.15, -0.1) is 0 Å². The van der Waals surface area contributed by atoms with E-state index in [4.69, 9.17) is 11.6 Å². The molecular weight excluding hydrogens is 441 g/mol. The van der Waals surface area contributed by atoms with E-state index in [0.29, 0.717) is 5.56 Å². The van der Waals surface area contributed by atoms with Crippen LogP contribution in [0.3, 0.4) is 0 Å². The molecular formula is C19H18ClF3N4O4. The Morgan fingerprint density at radius 3 is 2.29 bits per heavy atom. The lowest BCUT2D eigenvalue weighted by molar-refractivity contribution is -0.384. The fourth-order valence-electron chi connectivity index (χ4n) is 2.61. The van der Waals surface area contributed by atoms with Crippen LogP contribution in [0.2, 0.25) is 5.02 Å². The van der Waals surface area contributed by atoms with Gasteiger partial charge in [0.2, 0.25) is 11.8 Å². The molecule has 0 heterocycles. The standard InChI is InChI=1S/C19H18ClF3N4O4/c1-11-3-5-13(27(30)31)8-16(11)25-18(29)10-26(2)9-17(28)24-12-4-6-15(20)14(7-12)19(21,22)23/h3-8H,9-10H2,1-2H3,(H,24,28)(H,25,29). The fourth-order valence-corrected chi connectivity index (χ4v) is 2.84. The smallest absolute Gasteiger partial charge is 0.325 e. The van der Waals surface area contributed by atoms with Gasteiger partial charge < -0.3 is 10.6 Å². The third-order valence-electron chi connectivity index (χ3n) is 4.09. The van der Waals surface area contributed by atoms with Crippen LogP contribution in [-0.2, 0) is 15.8 Å². The SMILES string of the molecule is Cc1ccc([N+](=O)[O-])cc1NC(=O)CN(C)CC(=O)Nc1ccc(Cl)c(C(F)(F)F)c1. The number of amides is 2. The zero-order chi connectivity index (χ0) is 23.3. The molecule has 0 spiro atoms. The maximum absolute atomic E-state index is 12.9. The van der Waals surface area contributed by atoms with Crippen molar-refractivity contribution in [2.24, 2.45) is 0 Å². The number of hydrogen-bond donors (Lipinski definition) is 2. The van der Waals surface area contributed by atoms with E-state index in [0.717, 1.165) is 12.1 Å². The number of likely N-dealkylation sites (N-methyl/N-ethyl adjacent to an activating group) is 1. The summed E-state index contributed by atoms with van der Waals surface area (Å²) in [5, 5.41) is 15.2. The van der Waals surface area contributed by atoms with Crippen molar-refractivity contribution in [3.63, 3.8) is 0 Å². The number of carbonyl (C=O) groups is 2. The zero-order valence-corrected chi connectivity index (χ0v) is 17.2. The van der Waals surface area contributed by atoms with Gasteiger partial charge in [0, 0.05) is 17.8 Å². The zero-order valence-electron chi connectivity index (χ0n) is 16.4. The number of anilines is 2. The van der Waals surface area contributed by atoms with Crippen LogP contribution in [0.15, 0.2) is 36.4 Å². The van der Waals surface area contributed by atoms with Gasteiger partial charge in [-0.05, 0) is 37.7 Å². The molecule has 0 aromatic heterocycles. The maximum atomic E-state index is 12.9. The predicted octanol–water partition coefficient (Wildman–Crippen LogP) is 4.08. The first-order valence-corrected chi connectivity index (χ1v) is 9.14. The second-order valence-electron chi connectivity index (χ2n) is 6.72. The third-order valence-corrected chi connectivity index (χ3v) is 4.42. The molecule has 2 aromatic rings. The van der Waals surface area contributed by atoms with Gasteiger partial charge in [0.1, 0.15) is 0 Å². The lowest BCUT2D eigenvalue weighted by Crippen LogP contribution is -2.36. The predicted molar refractivity (Wildman–Crippen MR) is 109 cm³/mol. The van der Waals surface area contributed by atoms with Gasteiger partial charge >= 0.3 is 6.18 Å². The maximum Gasteiger partial charge on any atom is 0.417 e. The summed E-state index contributed by atoms with van der Waals surface area (Å²) in [4.78, 5) is 35.9. The molecule has 166 valence electrons. The van der Waals surface area contributed by atoms with Gasteiger partial charge in [-0.1, -0.05) is 17.7 Å². The number of benzene rings is 2. The first kappa shape index (κ1) is 24.1. The fraction of sp³-hybridized carbons (Fsp3) is 0.263. The Kier molecular flexibility index (Phi) is 7.58. The Morgan fingerprint density at radius 1 is 1.10 bits per heavy atom. The summed E-state index contributed by atoms with van der Waals surface area (Å²) in [7, 11) is 1.46. The normalized spacial score (nSPS) is 11.3. The summed E-state index contributed by atoms with van der Waals surface area (Å²) < 4.78 is 38.7. The summed E-state index contributed by atoms with van der Waals surface area (Å²) in [6, 6.07) is 7.00. The van der Waals surface area contributed by atoms with Crippen LogP contribution in [0, 0.1) is 17.0 Å². The van der Waals surface area contributed by atoms with Crippen LogP contribution < -0.4 is 10.6 Å². The van der Waals surface area contributed by atoms with Gasteiger partial charge in [-0.2, -0.15) is 13.2 Å². The van der Waals surface area contributed by atoms with E-state index in [1.54, 1.807) is 6.92 Å². The number of rotatable bonds is 7. The van der Waals surface area contributed by atoms with E-state index in [1.165, 1.54) is 36.2 Å². The van der Waals surface area contributed by atoms with E-state index in [9.17, 15) is 32.9 Å². The minimum Gasteiger partial charge on any atom is -0.325 e. The van der Waals surface area contributed by atoms with Crippen LogP contribution in [0.1, 0.15) is 11.1 Å². The van der Waals surface area contributed by atoms with Gasteiger partial charge in [0.05, 0.1) is 34.3 Å². The number of nitro groups is 1. The molecule has 0 bridgehead atoms. The molecule has 0 unspecified atom stereocenters. The number of nitrogens with zero attached hydrogens (tertiary/aromatic N) is 2. The van der Waals surface area contributed by atoms with Crippen LogP contribution in [0.4, 0.5) is 30.2 Å². The highest BCUT2D eigenvalue weighted by atomic mass is 35.5. The lowest BCUT2D eigenvalue weighted by atomic mass is 10.2. The number of non-ortho nitro benzene ring substituents is 1. The van der Waals surface area contributed by atoms with Crippen molar-refractivity contribution in [3.8, 4) is 0 Å². The number of halogens is 4. The average molecular weight is 459 g/mol. The highest BCUT2D eigenvalue weighted by molar-refractivity contribution is 6.31. The van der Waals surface area contributed by atoms with Crippen molar-refractivity contribution in [1.29, 1.82) is 0 Å². The van der Waals surface area contributed by atoms with Gasteiger partial charge in [0.25, 0.3) is 5.69 Å². The Balaban J connectivity index is 1.95. The summed E-state index contributed by atoms with van der Waals surface area (Å²) in [6.45, 7) is 1.15. The van der Waals surface area contributed by atoms with E-state index < -0.39 is 33.5 Å².